The van der Waals surface area contributed by atoms with Crippen molar-refractivity contribution in [3.8, 4) is 0 Å². The summed E-state index contributed by atoms with van der Waals surface area (Å²) < 4.78 is 0. The number of carbonyl (C=O) groups is 3. The largest absolute Gasteiger partial charge is 0.350 e. The predicted octanol–water partition coefficient (Wildman–Crippen LogP) is 2.64. The third-order valence-electron chi connectivity index (χ3n) is 4.33. The Hall–Kier alpha value is -2.57. The van der Waals surface area contributed by atoms with Gasteiger partial charge in [0.2, 0.25) is 5.91 Å². The van der Waals surface area contributed by atoms with Gasteiger partial charge in [-0.15, -0.1) is 0 Å². The minimum atomic E-state index is -0.303. The Bertz CT molecular complexity index is 659. The van der Waals surface area contributed by atoms with Crippen LogP contribution in [0.3, 0.4) is 0 Å². The lowest BCUT2D eigenvalue weighted by atomic mass is 10.1. The molecular formula is C20H30N4O3. The number of carbonyl (C=O) groups excluding carboxylic acids is 3. The molecule has 4 N–H and O–H groups in total. The fourth-order valence-corrected chi connectivity index (χ4v) is 2.98. The molecule has 1 aromatic carbocycles. The van der Waals surface area contributed by atoms with Gasteiger partial charge in [-0.1, -0.05) is 12.8 Å². The monoisotopic (exact) mass is 374 g/mol. The summed E-state index contributed by atoms with van der Waals surface area (Å²) in [7, 11) is 0. The zero-order chi connectivity index (χ0) is 19.9. The summed E-state index contributed by atoms with van der Waals surface area (Å²) in [5, 5.41) is 11.1. The Labute approximate surface area is 160 Å². The molecule has 0 spiro atoms. The maximum absolute atomic E-state index is 12.1. The molecule has 0 bridgehead atoms. The van der Waals surface area contributed by atoms with Crippen LogP contribution in [0.15, 0.2) is 24.3 Å². The van der Waals surface area contributed by atoms with Crippen LogP contribution in [0.1, 0.15) is 56.8 Å². The van der Waals surface area contributed by atoms with Gasteiger partial charge in [-0.3, -0.25) is 9.59 Å². The van der Waals surface area contributed by atoms with Crippen molar-refractivity contribution in [3.63, 3.8) is 0 Å². The quantitative estimate of drug-likeness (QED) is 0.576. The Morgan fingerprint density at radius 1 is 0.963 bits per heavy atom. The average Bonchev–Trinajstić information content (AvgIpc) is 3.12. The molecule has 0 radical (unpaired) electrons. The normalized spacial score (nSPS) is 14.5. The molecule has 7 nitrogen and oxygen atoms in total. The third kappa shape index (κ3) is 7.29. The van der Waals surface area contributed by atoms with Crippen molar-refractivity contribution < 1.29 is 14.4 Å². The van der Waals surface area contributed by atoms with Crippen molar-refractivity contribution in [3.05, 3.63) is 29.8 Å². The summed E-state index contributed by atoms with van der Waals surface area (Å²) in [6.45, 7) is 6.36. The molecular weight excluding hydrogens is 344 g/mol. The second-order valence-corrected chi connectivity index (χ2v) is 7.93. The van der Waals surface area contributed by atoms with Crippen molar-refractivity contribution in [2.75, 3.05) is 18.4 Å². The first kappa shape index (κ1) is 20.7. The first-order valence-electron chi connectivity index (χ1n) is 9.50. The highest BCUT2D eigenvalue weighted by molar-refractivity contribution is 5.96. The van der Waals surface area contributed by atoms with Crippen molar-refractivity contribution in [1.82, 2.24) is 16.0 Å². The highest BCUT2D eigenvalue weighted by atomic mass is 16.2. The highest BCUT2D eigenvalue weighted by Crippen LogP contribution is 2.26. The number of urea groups is 1. The smallest absolute Gasteiger partial charge is 0.315 e. The summed E-state index contributed by atoms with van der Waals surface area (Å²) in [5.41, 5.74) is 0.902. The van der Waals surface area contributed by atoms with Gasteiger partial charge in [0.25, 0.3) is 5.91 Å². The van der Waals surface area contributed by atoms with Gasteiger partial charge in [-0.25, -0.2) is 4.79 Å². The zero-order valence-electron chi connectivity index (χ0n) is 16.4. The molecule has 0 aromatic heterocycles. The molecule has 1 aromatic rings. The van der Waals surface area contributed by atoms with Gasteiger partial charge in [-0.05, 0) is 57.9 Å². The lowest BCUT2D eigenvalue weighted by molar-refractivity contribution is -0.119. The maximum Gasteiger partial charge on any atom is 0.315 e. The maximum atomic E-state index is 12.1. The van der Waals surface area contributed by atoms with E-state index in [0.717, 1.165) is 25.7 Å². The average molecular weight is 374 g/mol. The fourth-order valence-electron chi connectivity index (χ4n) is 2.98. The standard InChI is InChI=1S/C20H30N4O3/c1-20(2,3)24-19(27)22-13-12-21-17(25)15-8-10-16(11-9-15)23-18(26)14-6-4-5-7-14/h8-11,14H,4-7,12-13H2,1-3H3,(H,21,25)(H,23,26)(H2,22,24,27). The molecule has 0 atom stereocenters. The van der Waals surface area contributed by atoms with Gasteiger partial charge in [0.15, 0.2) is 0 Å². The number of hydrogen-bond acceptors (Lipinski definition) is 3. The predicted molar refractivity (Wildman–Crippen MR) is 106 cm³/mol. The molecule has 0 unspecified atom stereocenters. The first-order chi connectivity index (χ1) is 12.7. The van der Waals surface area contributed by atoms with E-state index in [1.807, 2.05) is 20.8 Å². The van der Waals surface area contributed by atoms with E-state index < -0.39 is 0 Å². The van der Waals surface area contributed by atoms with Gasteiger partial charge in [0.1, 0.15) is 0 Å². The van der Waals surface area contributed by atoms with E-state index in [2.05, 4.69) is 21.3 Å². The highest BCUT2D eigenvalue weighted by Gasteiger charge is 2.22. The summed E-state index contributed by atoms with van der Waals surface area (Å²) in [4.78, 5) is 35.9. The van der Waals surface area contributed by atoms with Crippen LogP contribution in [0.5, 0.6) is 0 Å². The number of nitrogens with one attached hydrogen (secondary N) is 4. The van der Waals surface area contributed by atoms with Crippen molar-refractivity contribution in [2.45, 2.75) is 52.0 Å². The van der Waals surface area contributed by atoms with E-state index in [1.165, 1.54) is 0 Å². The molecule has 0 heterocycles. The van der Waals surface area contributed by atoms with Crippen LogP contribution >= 0.6 is 0 Å². The van der Waals surface area contributed by atoms with E-state index in [0.29, 0.717) is 24.3 Å². The SMILES string of the molecule is CC(C)(C)NC(=O)NCCNC(=O)c1ccc(NC(=O)C2CCCC2)cc1. The summed E-state index contributed by atoms with van der Waals surface area (Å²) in [5.74, 6) is -0.0537. The molecule has 2 rings (SSSR count). The van der Waals surface area contributed by atoms with E-state index in [4.69, 9.17) is 0 Å². The molecule has 1 aliphatic rings. The zero-order valence-corrected chi connectivity index (χ0v) is 16.4. The van der Waals surface area contributed by atoms with E-state index >= 15 is 0 Å². The van der Waals surface area contributed by atoms with Crippen LogP contribution in [0, 0.1) is 5.92 Å². The minimum Gasteiger partial charge on any atom is -0.350 e. The lowest BCUT2D eigenvalue weighted by Crippen LogP contribution is -2.48. The van der Waals surface area contributed by atoms with Crippen LogP contribution in [0.2, 0.25) is 0 Å². The molecule has 4 amide bonds. The van der Waals surface area contributed by atoms with Gasteiger partial charge >= 0.3 is 6.03 Å². The topological polar surface area (TPSA) is 99.3 Å². The van der Waals surface area contributed by atoms with Crippen molar-refractivity contribution >= 4 is 23.5 Å². The van der Waals surface area contributed by atoms with E-state index in [9.17, 15) is 14.4 Å². The lowest BCUT2D eigenvalue weighted by Gasteiger charge is -2.20. The van der Waals surface area contributed by atoms with Crippen LogP contribution in [-0.2, 0) is 4.79 Å². The van der Waals surface area contributed by atoms with Crippen molar-refractivity contribution in [1.29, 1.82) is 0 Å². The second-order valence-electron chi connectivity index (χ2n) is 7.93. The summed E-state index contributed by atoms with van der Waals surface area (Å²) >= 11 is 0. The van der Waals surface area contributed by atoms with Crippen LogP contribution in [-0.4, -0.2) is 36.5 Å². The van der Waals surface area contributed by atoms with Gasteiger partial charge < -0.3 is 21.3 Å². The Morgan fingerprint density at radius 3 is 2.15 bits per heavy atom. The molecule has 0 saturated heterocycles. The number of rotatable bonds is 6. The fraction of sp³-hybridized carbons (Fsp3) is 0.550. The number of benzene rings is 1. The molecule has 0 aliphatic heterocycles. The molecule has 7 heteroatoms. The Morgan fingerprint density at radius 2 is 1.56 bits per heavy atom. The number of anilines is 1. The van der Waals surface area contributed by atoms with E-state index in [1.54, 1.807) is 24.3 Å². The summed E-state index contributed by atoms with van der Waals surface area (Å²) in [6, 6.07) is 6.56. The first-order valence-corrected chi connectivity index (χ1v) is 9.50. The molecule has 148 valence electrons. The number of amides is 4. The Balaban J connectivity index is 1.72. The molecule has 1 aliphatic carbocycles. The van der Waals surface area contributed by atoms with Crippen LogP contribution in [0.4, 0.5) is 10.5 Å². The molecule has 1 saturated carbocycles. The number of hydrogen-bond donors (Lipinski definition) is 4. The second kappa shape index (κ2) is 9.39. The van der Waals surface area contributed by atoms with Crippen molar-refractivity contribution in [2.24, 2.45) is 5.92 Å². The van der Waals surface area contributed by atoms with E-state index in [-0.39, 0.29) is 29.3 Å². The van der Waals surface area contributed by atoms with Gasteiger partial charge in [0.05, 0.1) is 0 Å². The summed E-state index contributed by atoms with van der Waals surface area (Å²) in [6.07, 6.45) is 4.14. The Kier molecular flexibility index (Phi) is 7.21. The molecule has 27 heavy (non-hydrogen) atoms. The molecule has 1 fully saturated rings. The van der Waals surface area contributed by atoms with Crippen LogP contribution < -0.4 is 21.3 Å². The van der Waals surface area contributed by atoms with Gasteiger partial charge in [-0.2, -0.15) is 0 Å². The van der Waals surface area contributed by atoms with Gasteiger partial charge in [0, 0.05) is 35.8 Å². The minimum absolute atomic E-state index is 0.0595. The van der Waals surface area contributed by atoms with Crippen LogP contribution in [0.25, 0.3) is 0 Å². The third-order valence-corrected chi connectivity index (χ3v) is 4.33.